The number of halogens is 1. The maximum atomic E-state index is 6.30. The van der Waals surface area contributed by atoms with E-state index in [1.165, 1.54) is 25.7 Å². The van der Waals surface area contributed by atoms with Gasteiger partial charge in [-0.05, 0) is 38.5 Å². The lowest BCUT2D eigenvalue weighted by molar-refractivity contribution is 0.415. The average Bonchev–Trinajstić information content (AvgIpc) is 3.06. The summed E-state index contributed by atoms with van der Waals surface area (Å²) in [5, 5.41) is 8.84. The Morgan fingerprint density at radius 3 is 2.67 bits per heavy atom. The van der Waals surface area contributed by atoms with E-state index in [1.54, 1.807) is 0 Å². The molecular formula is C14H24ClN3. The van der Waals surface area contributed by atoms with Gasteiger partial charge in [0.15, 0.2) is 0 Å². The molecule has 1 aliphatic rings. The summed E-state index contributed by atoms with van der Waals surface area (Å²) >= 11 is 6.30. The molecule has 1 aliphatic carbocycles. The third-order valence-electron chi connectivity index (χ3n) is 3.98. The first kappa shape index (κ1) is 13.9. The fraction of sp³-hybridized carbons (Fsp3) is 0.786. The molecule has 1 aromatic heterocycles. The second-order valence-corrected chi connectivity index (χ2v) is 5.89. The molecule has 18 heavy (non-hydrogen) atoms. The molecule has 1 fully saturated rings. The molecule has 0 unspecified atom stereocenters. The number of nitrogens with zero attached hydrogens (tertiary/aromatic N) is 2. The summed E-state index contributed by atoms with van der Waals surface area (Å²) < 4.78 is 2.00. The van der Waals surface area contributed by atoms with Crippen LogP contribution in [0.5, 0.6) is 0 Å². The van der Waals surface area contributed by atoms with Crippen molar-refractivity contribution in [1.82, 2.24) is 15.1 Å². The first-order valence-electron chi connectivity index (χ1n) is 7.04. The van der Waals surface area contributed by atoms with E-state index in [0.717, 1.165) is 36.0 Å². The van der Waals surface area contributed by atoms with Crippen molar-refractivity contribution in [1.29, 1.82) is 0 Å². The van der Waals surface area contributed by atoms with E-state index < -0.39 is 0 Å². The van der Waals surface area contributed by atoms with Crippen LogP contribution < -0.4 is 5.32 Å². The first-order valence-corrected chi connectivity index (χ1v) is 7.42. The molecule has 0 spiro atoms. The highest BCUT2D eigenvalue weighted by atomic mass is 35.5. The number of nitrogens with one attached hydrogen (secondary N) is 1. The van der Waals surface area contributed by atoms with Gasteiger partial charge in [-0.15, -0.1) is 0 Å². The van der Waals surface area contributed by atoms with Gasteiger partial charge in [0.2, 0.25) is 0 Å². The van der Waals surface area contributed by atoms with Crippen LogP contribution in [0.25, 0.3) is 0 Å². The molecular weight excluding hydrogens is 246 g/mol. The third-order valence-corrected chi connectivity index (χ3v) is 4.47. The summed E-state index contributed by atoms with van der Waals surface area (Å²) in [6.45, 7) is 9.17. The zero-order valence-corrected chi connectivity index (χ0v) is 12.5. The quantitative estimate of drug-likeness (QED) is 0.821. The lowest BCUT2D eigenvalue weighted by Gasteiger charge is -2.15. The van der Waals surface area contributed by atoms with E-state index in [-0.39, 0.29) is 0 Å². The highest BCUT2D eigenvalue weighted by Gasteiger charge is 2.40. The standard InChI is InChI=1S/C14H24ClN3/c1-4-6-14(7-8-14)10-16-9-12-13(15)11(3)17-18(12)5-2/h16H,4-10H2,1-3H3. The molecule has 102 valence electrons. The van der Waals surface area contributed by atoms with Crippen molar-refractivity contribution >= 4 is 11.6 Å². The Labute approximate surface area is 115 Å². The van der Waals surface area contributed by atoms with E-state index >= 15 is 0 Å². The SMILES string of the molecule is CCCC1(CNCc2c(Cl)c(C)nn2CC)CC1. The Bertz CT molecular complexity index is 407. The maximum Gasteiger partial charge on any atom is 0.0860 e. The van der Waals surface area contributed by atoms with Gasteiger partial charge < -0.3 is 5.32 Å². The molecule has 0 atom stereocenters. The Hall–Kier alpha value is -0.540. The molecule has 0 aliphatic heterocycles. The molecule has 3 nitrogen and oxygen atoms in total. The van der Waals surface area contributed by atoms with Gasteiger partial charge in [0.1, 0.15) is 0 Å². The topological polar surface area (TPSA) is 29.9 Å². The molecule has 4 heteroatoms. The molecule has 0 bridgehead atoms. The van der Waals surface area contributed by atoms with E-state index in [1.807, 2.05) is 11.6 Å². The van der Waals surface area contributed by atoms with Gasteiger partial charge in [-0.2, -0.15) is 5.10 Å². The van der Waals surface area contributed by atoms with E-state index in [0.29, 0.717) is 5.41 Å². The fourth-order valence-corrected chi connectivity index (χ4v) is 2.91. The fourth-order valence-electron chi connectivity index (χ4n) is 2.71. The van der Waals surface area contributed by atoms with Crippen LogP contribution in [0.4, 0.5) is 0 Å². The highest BCUT2D eigenvalue weighted by Crippen LogP contribution is 2.48. The van der Waals surface area contributed by atoms with Crippen LogP contribution in [-0.2, 0) is 13.1 Å². The van der Waals surface area contributed by atoms with Crippen molar-refractivity contribution in [2.45, 2.75) is 59.5 Å². The van der Waals surface area contributed by atoms with Crippen molar-refractivity contribution in [3.8, 4) is 0 Å². The largest absolute Gasteiger partial charge is 0.311 e. The molecule has 1 saturated carbocycles. The summed E-state index contributed by atoms with van der Waals surface area (Å²) in [5.74, 6) is 0. The van der Waals surface area contributed by atoms with Crippen LogP contribution in [0.2, 0.25) is 5.02 Å². The van der Waals surface area contributed by atoms with Crippen LogP contribution in [0.15, 0.2) is 0 Å². The average molecular weight is 270 g/mol. The normalized spacial score (nSPS) is 17.1. The van der Waals surface area contributed by atoms with Gasteiger partial charge in [-0.1, -0.05) is 24.9 Å². The molecule has 1 N–H and O–H groups in total. The van der Waals surface area contributed by atoms with Crippen LogP contribution in [0, 0.1) is 12.3 Å². The summed E-state index contributed by atoms with van der Waals surface area (Å²) in [7, 11) is 0. The zero-order chi connectivity index (χ0) is 13.2. The maximum absolute atomic E-state index is 6.30. The number of aromatic nitrogens is 2. The molecule has 1 aromatic rings. The summed E-state index contributed by atoms with van der Waals surface area (Å²) in [5.41, 5.74) is 2.65. The second-order valence-electron chi connectivity index (χ2n) is 5.52. The zero-order valence-electron chi connectivity index (χ0n) is 11.7. The summed E-state index contributed by atoms with van der Waals surface area (Å²) in [6, 6.07) is 0. The van der Waals surface area contributed by atoms with Crippen LogP contribution >= 0.6 is 11.6 Å². The number of rotatable bonds is 7. The molecule has 0 aromatic carbocycles. The van der Waals surface area contributed by atoms with Gasteiger partial charge in [-0.25, -0.2) is 0 Å². The lowest BCUT2D eigenvalue weighted by Crippen LogP contribution is -2.25. The Balaban J connectivity index is 1.90. The van der Waals surface area contributed by atoms with E-state index in [2.05, 4.69) is 24.3 Å². The number of hydrogen-bond acceptors (Lipinski definition) is 2. The molecule has 0 saturated heterocycles. The number of aryl methyl sites for hydroxylation is 2. The van der Waals surface area contributed by atoms with Crippen LogP contribution in [-0.4, -0.2) is 16.3 Å². The van der Waals surface area contributed by atoms with Crippen LogP contribution in [0.1, 0.15) is 50.9 Å². The number of hydrogen-bond donors (Lipinski definition) is 1. The van der Waals surface area contributed by atoms with Crippen molar-refractivity contribution in [2.24, 2.45) is 5.41 Å². The van der Waals surface area contributed by atoms with Crippen molar-refractivity contribution in [3.63, 3.8) is 0 Å². The Morgan fingerprint density at radius 1 is 1.39 bits per heavy atom. The van der Waals surface area contributed by atoms with Crippen LogP contribution in [0.3, 0.4) is 0 Å². The van der Waals surface area contributed by atoms with Gasteiger partial charge in [0, 0.05) is 19.6 Å². The van der Waals surface area contributed by atoms with E-state index in [9.17, 15) is 0 Å². The molecule has 0 radical (unpaired) electrons. The summed E-state index contributed by atoms with van der Waals surface area (Å²) in [6.07, 6.45) is 5.40. The first-order chi connectivity index (χ1) is 8.62. The van der Waals surface area contributed by atoms with Gasteiger partial charge in [0.25, 0.3) is 0 Å². The minimum Gasteiger partial charge on any atom is -0.311 e. The summed E-state index contributed by atoms with van der Waals surface area (Å²) in [4.78, 5) is 0. The van der Waals surface area contributed by atoms with Crippen molar-refractivity contribution in [3.05, 3.63) is 16.4 Å². The molecule has 2 rings (SSSR count). The monoisotopic (exact) mass is 269 g/mol. The van der Waals surface area contributed by atoms with Gasteiger partial charge >= 0.3 is 0 Å². The smallest absolute Gasteiger partial charge is 0.0860 e. The minimum atomic E-state index is 0.591. The predicted molar refractivity (Wildman–Crippen MR) is 75.9 cm³/mol. The highest BCUT2D eigenvalue weighted by molar-refractivity contribution is 6.31. The van der Waals surface area contributed by atoms with Crippen molar-refractivity contribution < 1.29 is 0 Å². The Kier molecular flexibility index (Phi) is 4.33. The van der Waals surface area contributed by atoms with Gasteiger partial charge in [0.05, 0.1) is 16.4 Å². The Morgan fingerprint density at radius 2 is 2.11 bits per heavy atom. The molecule has 1 heterocycles. The predicted octanol–water partition coefficient (Wildman–Crippen LogP) is 3.53. The minimum absolute atomic E-state index is 0.591. The van der Waals surface area contributed by atoms with Gasteiger partial charge in [-0.3, -0.25) is 4.68 Å². The third kappa shape index (κ3) is 2.89. The lowest BCUT2D eigenvalue weighted by atomic mass is 10.0. The molecule has 0 amide bonds. The second kappa shape index (κ2) is 5.62. The van der Waals surface area contributed by atoms with E-state index in [4.69, 9.17) is 11.6 Å². The van der Waals surface area contributed by atoms with Crippen molar-refractivity contribution in [2.75, 3.05) is 6.54 Å².